The van der Waals surface area contributed by atoms with Crippen molar-refractivity contribution in [2.75, 3.05) is 18.6 Å². The highest BCUT2D eigenvalue weighted by Gasteiger charge is 2.40. The molecular weight excluding hydrogens is 471 g/mol. The van der Waals surface area contributed by atoms with Gasteiger partial charge in [-0.3, -0.25) is 14.5 Å². The van der Waals surface area contributed by atoms with Crippen molar-refractivity contribution in [1.29, 1.82) is 0 Å². The van der Waals surface area contributed by atoms with Gasteiger partial charge in [-0.05, 0) is 60.7 Å². The summed E-state index contributed by atoms with van der Waals surface area (Å²) >= 11 is 17.5. The van der Waals surface area contributed by atoms with Crippen molar-refractivity contribution in [3.63, 3.8) is 0 Å². The standard InChI is InChI=1S/C23H16Cl2N2O4S/c1-30-21(28)13-26-19(22(29)27(23(26)32)17-7-5-15(24)6-8-17)12-18-9-10-20(31-18)14-3-2-4-16(25)11-14/h2-12H,13H2,1H3/b19-12-. The quantitative estimate of drug-likeness (QED) is 0.273. The predicted molar refractivity (Wildman–Crippen MR) is 127 cm³/mol. The summed E-state index contributed by atoms with van der Waals surface area (Å²) in [5.74, 6) is 0.0605. The Bertz CT molecular complexity index is 1240. The van der Waals surface area contributed by atoms with Gasteiger partial charge in [0.1, 0.15) is 23.8 Å². The molecular formula is C23H16Cl2N2O4S. The molecule has 0 aliphatic carbocycles. The lowest BCUT2D eigenvalue weighted by molar-refractivity contribution is -0.140. The molecule has 0 radical (unpaired) electrons. The van der Waals surface area contributed by atoms with Crippen LogP contribution in [0.5, 0.6) is 0 Å². The number of carbonyl (C=O) groups excluding carboxylic acids is 2. The van der Waals surface area contributed by atoms with E-state index in [0.717, 1.165) is 5.56 Å². The van der Waals surface area contributed by atoms with E-state index >= 15 is 0 Å². The molecule has 2 aromatic carbocycles. The number of furan rings is 1. The number of hydrogen-bond donors (Lipinski definition) is 0. The summed E-state index contributed by atoms with van der Waals surface area (Å²) < 4.78 is 10.7. The third-order valence-corrected chi connectivity index (χ3v) is 5.64. The van der Waals surface area contributed by atoms with Gasteiger partial charge >= 0.3 is 5.97 Å². The second-order valence-electron chi connectivity index (χ2n) is 6.80. The van der Waals surface area contributed by atoms with Crippen LogP contribution in [0.25, 0.3) is 17.4 Å². The van der Waals surface area contributed by atoms with Crippen LogP contribution in [-0.2, 0) is 14.3 Å². The Hall–Kier alpha value is -3.13. The van der Waals surface area contributed by atoms with Gasteiger partial charge in [0.05, 0.1) is 12.8 Å². The number of thiocarbonyl (C=S) groups is 1. The van der Waals surface area contributed by atoms with Crippen LogP contribution in [0.2, 0.25) is 10.0 Å². The van der Waals surface area contributed by atoms with Crippen LogP contribution in [0, 0.1) is 0 Å². The molecule has 1 aromatic heterocycles. The van der Waals surface area contributed by atoms with Gasteiger partial charge in [-0.2, -0.15) is 0 Å². The highest BCUT2D eigenvalue weighted by atomic mass is 35.5. The molecule has 4 rings (SSSR count). The average Bonchev–Trinajstić information content (AvgIpc) is 3.33. The van der Waals surface area contributed by atoms with Crippen molar-refractivity contribution >= 4 is 64.2 Å². The maximum atomic E-state index is 13.3. The summed E-state index contributed by atoms with van der Waals surface area (Å²) in [7, 11) is 1.27. The van der Waals surface area contributed by atoms with E-state index in [4.69, 9.17) is 44.6 Å². The number of ether oxygens (including phenoxy) is 1. The number of nitrogens with zero attached hydrogens (tertiary/aromatic N) is 2. The molecule has 32 heavy (non-hydrogen) atoms. The first-order valence-electron chi connectivity index (χ1n) is 9.43. The number of esters is 1. The molecule has 1 aliphatic heterocycles. The van der Waals surface area contributed by atoms with Crippen LogP contribution in [0.15, 0.2) is 70.8 Å². The zero-order valence-corrected chi connectivity index (χ0v) is 19.1. The zero-order chi connectivity index (χ0) is 22.8. The van der Waals surface area contributed by atoms with Crippen molar-refractivity contribution in [1.82, 2.24) is 4.90 Å². The van der Waals surface area contributed by atoms with E-state index in [1.54, 1.807) is 54.6 Å². The molecule has 0 N–H and O–H groups in total. The second-order valence-corrected chi connectivity index (χ2v) is 8.04. The maximum Gasteiger partial charge on any atom is 0.325 e. The Kier molecular flexibility index (Phi) is 6.32. The molecule has 6 nitrogen and oxygen atoms in total. The molecule has 162 valence electrons. The Balaban J connectivity index is 1.72. The van der Waals surface area contributed by atoms with Gasteiger partial charge < -0.3 is 14.1 Å². The summed E-state index contributed by atoms with van der Waals surface area (Å²) in [4.78, 5) is 28.0. The topological polar surface area (TPSA) is 63.0 Å². The summed E-state index contributed by atoms with van der Waals surface area (Å²) in [5, 5.41) is 1.26. The Labute approximate surface area is 199 Å². The van der Waals surface area contributed by atoms with Crippen molar-refractivity contribution in [3.05, 3.63) is 82.2 Å². The molecule has 1 saturated heterocycles. The predicted octanol–water partition coefficient (Wildman–Crippen LogP) is 5.40. The number of carbonyl (C=O) groups is 2. The fourth-order valence-electron chi connectivity index (χ4n) is 3.21. The molecule has 1 fully saturated rings. The summed E-state index contributed by atoms with van der Waals surface area (Å²) in [6, 6.07) is 17.4. The SMILES string of the molecule is COC(=O)CN1C(=S)N(c2ccc(Cl)cc2)C(=O)/C1=C/c1ccc(-c2cccc(Cl)c2)o1. The van der Waals surface area contributed by atoms with Gasteiger partial charge in [-0.1, -0.05) is 35.3 Å². The van der Waals surface area contributed by atoms with E-state index < -0.39 is 11.9 Å². The van der Waals surface area contributed by atoms with Gasteiger partial charge in [0, 0.05) is 21.7 Å². The van der Waals surface area contributed by atoms with Crippen LogP contribution >= 0.6 is 35.4 Å². The van der Waals surface area contributed by atoms with Crippen molar-refractivity contribution in [2.45, 2.75) is 0 Å². The summed E-state index contributed by atoms with van der Waals surface area (Å²) in [6.07, 6.45) is 1.54. The molecule has 0 saturated carbocycles. The van der Waals surface area contributed by atoms with Crippen LogP contribution in [0.4, 0.5) is 5.69 Å². The number of rotatable bonds is 5. The first-order chi connectivity index (χ1) is 15.4. The lowest BCUT2D eigenvalue weighted by Crippen LogP contribution is -2.35. The average molecular weight is 487 g/mol. The number of anilines is 1. The van der Waals surface area contributed by atoms with E-state index in [-0.39, 0.29) is 17.4 Å². The monoisotopic (exact) mass is 486 g/mol. The minimum Gasteiger partial charge on any atom is -0.468 e. The van der Waals surface area contributed by atoms with Gasteiger partial charge in [0.15, 0.2) is 5.11 Å². The lowest BCUT2D eigenvalue weighted by Gasteiger charge is -2.19. The minimum absolute atomic E-state index is 0.149. The van der Waals surface area contributed by atoms with Crippen molar-refractivity contribution < 1.29 is 18.7 Å². The molecule has 1 aliphatic rings. The van der Waals surface area contributed by atoms with E-state index in [1.807, 2.05) is 12.1 Å². The smallest absolute Gasteiger partial charge is 0.325 e. The lowest BCUT2D eigenvalue weighted by atomic mass is 10.2. The Morgan fingerprint density at radius 1 is 1.09 bits per heavy atom. The number of halogens is 2. The molecule has 1 amide bonds. The van der Waals surface area contributed by atoms with Gasteiger partial charge in [0.25, 0.3) is 5.91 Å². The van der Waals surface area contributed by atoms with E-state index in [1.165, 1.54) is 16.9 Å². The van der Waals surface area contributed by atoms with Gasteiger partial charge in [-0.25, -0.2) is 0 Å². The van der Waals surface area contributed by atoms with Crippen LogP contribution in [0.3, 0.4) is 0 Å². The largest absolute Gasteiger partial charge is 0.468 e. The Morgan fingerprint density at radius 3 is 2.53 bits per heavy atom. The maximum absolute atomic E-state index is 13.3. The summed E-state index contributed by atoms with van der Waals surface area (Å²) in [6.45, 7) is -0.223. The Morgan fingerprint density at radius 2 is 1.84 bits per heavy atom. The molecule has 0 atom stereocenters. The van der Waals surface area contributed by atoms with Crippen molar-refractivity contribution in [3.8, 4) is 11.3 Å². The zero-order valence-electron chi connectivity index (χ0n) is 16.7. The van der Waals surface area contributed by atoms with Gasteiger partial charge in [-0.15, -0.1) is 0 Å². The minimum atomic E-state index is -0.539. The fraction of sp³-hybridized carbons (Fsp3) is 0.0870. The highest BCUT2D eigenvalue weighted by Crippen LogP contribution is 2.31. The normalized spacial score (nSPS) is 15.0. The number of methoxy groups -OCH3 is 1. The van der Waals surface area contributed by atoms with Crippen LogP contribution in [-0.4, -0.2) is 35.5 Å². The fourth-order valence-corrected chi connectivity index (χ4v) is 3.87. The number of hydrogen-bond acceptors (Lipinski definition) is 5. The molecule has 0 unspecified atom stereocenters. The van der Waals surface area contributed by atoms with E-state index in [0.29, 0.717) is 27.3 Å². The van der Waals surface area contributed by atoms with E-state index in [2.05, 4.69) is 0 Å². The number of benzene rings is 2. The van der Waals surface area contributed by atoms with Crippen molar-refractivity contribution in [2.24, 2.45) is 0 Å². The molecule has 0 spiro atoms. The summed E-state index contributed by atoms with van der Waals surface area (Å²) in [5.41, 5.74) is 1.51. The molecule has 9 heteroatoms. The number of amides is 1. The first kappa shape index (κ1) is 22.1. The van der Waals surface area contributed by atoms with E-state index in [9.17, 15) is 9.59 Å². The van der Waals surface area contributed by atoms with Crippen LogP contribution < -0.4 is 4.90 Å². The third-order valence-electron chi connectivity index (χ3n) is 4.75. The molecule has 2 heterocycles. The van der Waals surface area contributed by atoms with Gasteiger partial charge in [0.2, 0.25) is 0 Å². The molecule has 3 aromatic rings. The third kappa shape index (κ3) is 4.41. The first-order valence-corrected chi connectivity index (χ1v) is 10.6. The molecule has 0 bridgehead atoms. The van der Waals surface area contributed by atoms with Crippen LogP contribution in [0.1, 0.15) is 5.76 Å². The second kappa shape index (κ2) is 9.16. The highest BCUT2D eigenvalue weighted by molar-refractivity contribution is 7.80.